The molecule has 1 nitrogen and oxygen atoms in total. The number of epoxide rings is 1. The lowest BCUT2D eigenvalue weighted by molar-refractivity contribution is 0.364. The average Bonchev–Trinajstić information content (AvgIpc) is 3.07. The molecule has 1 aliphatic rings. The zero-order chi connectivity index (χ0) is 13.1. The van der Waals surface area contributed by atoms with Crippen LogP contribution in [0, 0.1) is 0 Å². The highest BCUT2D eigenvalue weighted by Gasteiger charge is 2.32. The van der Waals surface area contributed by atoms with Crippen LogP contribution in [0.2, 0.25) is 0 Å². The lowest BCUT2D eigenvalue weighted by Crippen LogP contribution is -1.89. The Kier molecular flexibility index (Phi) is 9.65. The third-order valence-electron chi connectivity index (χ3n) is 4.18. The van der Waals surface area contributed by atoms with E-state index in [0.29, 0.717) is 12.2 Å². The molecule has 0 aromatic heterocycles. The van der Waals surface area contributed by atoms with Crippen LogP contribution >= 0.6 is 0 Å². The van der Waals surface area contributed by atoms with Crippen LogP contribution in [0.1, 0.15) is 97.3 Å². The Bertz CT molecular complexity index is 178. The minimum absolute atomic E-state index is 0.567. The minimum Gasteiger partial charge on any atom is -0.370 e. The van der Waals surface area contributed by atoms with Crippen LogP contribution < -0.4 is 0 Å². The quantitative estimate of drug-likeness (QED) is 0.296. The molecule has 0 spiro atoms. The molecule has 18 heavy (non-hydrogen) atoms. The van der Waals surface area contributed by atoms with Gasteiger partial charge in [0.2, 0.25) is 0 Å². The lowest BCUT2D eigenvalue weighted by Gasteiger charge is -2.02. The summed E-state index contributed by atoms with van der Waals surface area (Å²) < 4.78 is 5.42. The SMILES string of the molecule is CCCCCCCCCCCCCCC1OC1C. The van der Waals surface area contributed by atoms with Crippen LogP contribution in [0.4, 0.5) is 0 Å². The molecule has 0 radical (unpaired) electrons. The van der Waals surface area contributed by atoms with Crippen molar-refractivity contribution in [1.29, 1.82) is 0 Å². The molecule has 1 aliphatic heterocycles. The van der Waals surface area contributed by atoms with Gasteiger partial charge < -0.3 is 4.74 Å². The monoisotopic (exact) mass is 254 g/mol. The van der Waals surface area contributed by atoms with Crippen LogP contribution in [0.15, 0.2) is 0 Å². The Hall–Kier alpha value is -0.0400. The maximum Gasteiger partial charge on any atom is 0.0839 e. The van der Waals surface area contributed by atoms with Crippen molar-refractivity contribution in [3.8, 4) is 0 Å². The number of hydrogen-bond donors (Lipinski definition) is 0. The molecule has 2 unspecified atom stereocenters. The van der Waals surface area contributed by atoms with E-state index >= 15 is 0 Å². The Morgan fingerprint density at radius 2 is 1.06 bits per heavy atom. The molecule has 0 aromatic rings. The van der Waals surface area contributed by atoms with Crippen molar-refractivity contribution in [3.05, 3.63) is 0 Å². The molecular weight excluding hydrogens is 220 g/mol. The van der Waals surface area contributed by atoms with Gasteiger partial charge in [-0.2, -0.15) is 0 Å². The van der Waals surface area contributed by atoms with Gasteiger partial charge in [0.15, 0.2) is 0 Å². The van der Waals surface area contributed by atoms with E-state index in [1.165, 1.54) is 83.5 Å². The molecule has 108 valence electrons. The highest BCUT2D eigenvalue weighted by Crippen LogP contribution is 2.26. The van der Waals surface area contributed by atoms with Gasteiger partial charge in [-0.1, -0.05) is 84.0 Å². The standard InChI is InChI=1S/C17H34O/c1-3-4-5-6-7-8-9-10-11-12-13-14-15-17-16(2)18-17/h16-17H,3-15H2,1-2H3. The highest BCUT2D eigenvalue weighted by molar-refractivity contribution is 4.79. The van der Waals surface area contributed by atoms with Gasteiger partial charge in [-0.3, -0.25) is 0 Å². The summed E-state index contributed by atoms with van der Waals surface area (Å²) in [7, 11) is 0. The van der Waals surface area contributed by atoms with Gasteiger partial charge in [-0.25, -0.2) is 0 Å². The van der Waals surface area contributed by atoms with Crippen molar-refractivity contribution >= 4 is 0 Å². The maximum absolute atomic E-state index is 5.42. The van der Waals surface area contributed by atoms with Crippen molar-refractivity contribution in [2.24, 2.45) is 0 Å². The van der Waals surface area contributed by atoms with E-state index in [9.17, 15) is 0 Å². The molecule has 1 saturated heterocycles. The van der Waals surface area contributed by atoms with Crippen LogP contribution in [0.3, 0.4) is 0 Å². The first-order valence-electron chi connectivity index (χ1n) is 8.50. The Morgan fingerprint density at radius 1 is 0.667 bits per heavy atom. The van der Waals surface area contributed by atoms with Crippen molar-refractivity contribution in [3.63, 3.8) is 0 Å². The van der Waals surface area contributed by atoms with E-state index < -0.39 is 0 Å². The second-order valence-electron chi connectivity index (χ2n) is 6.06. The molecule has 0 aromatic carbocycles. The third kappa shape index (κ3) is 8.97. The normalized spacial score (nSPS) is 22.3. The molecule has 1 heteroatoms. The number of rotatable bonds is 13. The fraction of sp³-hybridized carbons (Fsp3) is 1.00. The zero-order valence-electron chi connectivity index (χ0n) is 12.8. The molecule has 1 rings (SSSR count). The van der Waals surface area contributed by atoms with Crippen molar-refractivity contribution in [2.45, 2.75) is 110 Å². The molecule has 1 heterocycles. The minimum atomic E-state index is 0.567. The number of unbranched alkanes of at least 4 members (excludes halogenated alkanes) is 11. The van der Waals surface area contributed by atoms with Crippen molar-refractivity contribution < 1.29 is 4.74 Å². The molecule has 0 aliphatic carbocycles. The smallest absolute Gasteiger partial charge is 0.0839 e. The molecule has 0 bridgehead atoms. The topological polar surface area (TPSA) is 12.5 Å². The van der Waals surface area contributed by atoms with Gasteiger partial charge in [0, 0.05) is 0 Å². The first kappa shape index (κ1) is 16.0. The van der Waals surface area contributed by atoms with Crippen LogP contribution in [-0.4, -0.2) is 12.2 Å². The van der Waals surface area contributed by atoms with Crippen LogP contribution in [-0.2, 0) is 4.74 Å². The van der Waals surface area contributed by atoms with Gasteiger partial charge in [-0.15, -0.1) is 0 Å². The fourth-order valence-electron chi connectivity index (χ4n) is 2.72. The second kappa shape index (κ2) is 10.8. The first-order valence-corrected chi connectivity index (χ1v) is 8.50. The van der Waals surface area contributed by atoms with Crippen LogP contribution in [0.25, 0.3) is 0 Å². The summed E-state index contributed by atoms with van der Waals surface area (Å²) in [6.07, 6.45) is 19.8. The van der Waals surface area contributed by atoms with Gasteiger partial charge in [-0.05, 0) is 13.3 Å². The molecule has 0 amide bonds. The fourth-order valence-corrected chi connectivity index (χ4v) is 2.72. The molecule has 1 fully saturated rings. The Balaban J connectivity index is 1.63. The van der Waals surface area contributed by atoms with Gasteiger partial charge in [0.1, 0.15) is 0 Å². The van der Waals surface area contributed by atoms with E-state index in [1.54, 1.807) is 0 Å². The van der Waals surface area contributed by atoms with E-state index in [2.05, 4.69) is 13.8 Å². The van der Waals surface area contributed by atoms with E-state index in [1.807, 2.05) is 0 Å². The Labute approximate surface area is 115 Å². The van der Waals surface area contributed by atoms with Gasteiger partial charge >= 0.3 is 0 Å². The number of hydrogen-bond acceptors (Lipinski definition) is 1. The third-order valence-corrected chi connectivity index (χ3v) is 4.18. The summed E-state index contributed by atoms with van der Waals surface area (Å²) in [6, 6.07) is 0. The molecule has 2 atom stereocenters. The summed E-state index contributed by atoms with van der Waals surface area (Å²) in [5.41, 5.74) is 0. The summed E-state index contributed by atoms with van der Waals surface area (Å²) in [4.78, 5) is 0. The van der Waals surface area contributed by atoms with E-state index in [0.717, 1.165) is 0 Å². The van der Waals surface area contributed by atoms with E-state index in [4.69, 9.17) is 4.74 Å². The largest absolute Gasteiger partial charge is 0.370 e. The molecule has 0 N–H and O–H groups in total. The lowest BCUT2D eigenvalue weighted by atomic mass is 10.0. The maximum atomic E-state index is 5.42. The summed E-state index contributed by atoms with van der Waals surface area (Å²) in [5, 5.41) is 0. The number of ether oxygens (including phenoxy) is 1. The molecule has 0 saturated carbocycles. The average molecular weight is 254 g/mol. The highest BCUT2D eigenvalue weighted by atomic mass is 16.6. The zero-order valence-corrected chi connectivity index (χ0v) is 12.8. The van der Waals surface area contributed by atoms with Crippen molar-refractivity contribution in [2.75, 3.05) is 0 Å². The van der Waals surface area contributed by atoms with E-state index in [-0.39, 0.29) is 0 Å². The van der Waals surface area contributed by atoms with Gasteiger partial charge in [0.05, 0.1) is 12.2 Å². The second-order valence-corrected chi connectivity index (χ2v) is 6.06. The van der Waals surface area contributed by atoms with Gasteiger partial charge in [0.25, 0.3) is 0 Å². The predicted molar refractivity (Wildman–Crippen MR) is 80.0 cm³/mol. The summed E-state index contributed by atoms with van der Waals surface area (Å²) in [6.45, 7) is 4.47. The summed E-state index contributed by atoms with van der Waals surface area (Å²) in [5.74, 6) is 0. The van der Waals surface area contributed by atoms with Crippen LogP contribution in [0.5, 0.6) is 0 Å². The molecular formula is C17H34O. The van der Waals surface area contributed by atoms with Crippen molar-refractivity contribution in [1.82, 2.24) is 0 Å². The summed E-state index contributed by atoms with van der Waals surface area (Å²) >= 11 is 0. The Morgan fingerprint density at radius 3 is 1.44 bits per heavy atom. The first-order chi connectivity index (χ1) is 8.84. The predicted octanol–water partition coefficient (Wildman–Crippen LogP) is 5.86.